The molecule has 3 aliphatic rings. The second-order valence-electron chi connectivity index (χ2n) is 9.82. The molecule has 0 amide bonds. The molecule has 0 saturated heterocycles. The number of hydrogen-bond acceptors (Lipinski definition) is 6. The topological polar surface area (TPSA) is 73.9 Å². The van der Waals surface area contributed by atoms with Crippen molar-refractivity contribution in [3.63, 3.8) is 0 Å². The largest absolute Gasteiger partial charge is 0.493 e. The Labute approximate surface area is 212 Å². The van der Waals surface area contributed by atoms with E-state index in [1.165, 1.54) is 0 Å². The fourth-order valence-electron chi connectivity index (χ4n) is 5.94. The molecule has 1 fully saturated rings. The lowest BCUT2D eigenvalue weighted by molar-refractivity contribution is -0.144. The van der Waals surface area contributed by atoms with Crippen molar-refractivity contribution in [3.8, 4) is 11.5 Å². The second-order valence-corrected chi connectivity index (χ2v) is 9.82. The van der Waals surface area contributed by atoms with Crippen molar-refractivity contribution < 1.29 is 23.8 Å². The van der Waals surface area contributed by atoms with Crippen LogP contribution in [-0.2, 0) is 14.3 Å². The summed E-state index contributed by atoms with van der Waals surface area (Å²) in [5, 5.41) is 3.44. The van der Waals surface area contributed by atoms with Crippen molar-refractivity contribution >= 4 is 11.8 Å². The number of rotatable bonds is 6. The van der Waals surface area contributed by atoms with E-state index in [0.717, 1.165) is 42.5 Å². The molecule has 2 atom stereocenters. The summed E-state index contributed by atoms with van der Waals surface area (Å²) in [5.74, 6) is 0.234. The predicted octanol–water partition coefficient (Wildman–Crippen LogP) is 5.55. The van der Waals surface area contributed by atoms with Gasteiger partial charge in [0, 0.05) is 29.0 Å². The summed E-state index contributed by atoms with van der Waals surface area (Å²) in [5.41, 5.74) is 4.55. The maximum atomic E-state index is 13.8. The highest BCUT2D eigenvalue weighted by atomic mass is 16.5. The van der Waals surface area contributed by atoms with Gasteiger partial charge in [-0.3, -0.25) is 4.79 Å². The Hall–Kier alpha value is -3.54. The molecule has 1 heterocycles. The number of dihydropyridines is 1. The molecule has 0 radical (unpaired) electrons. The number of allylic oxidation sites excluding steroid dienone is 3. The van der Waals surface area contributed by atoms with Gasteiger partial charge in [0.2, 0.25) is 0 Å². The van der Waals surface area contributed by atoms with E-state index in [1.807, 2.05) is 43.3 Å². The van der Waals surface area contributed by atoms with Gasteiger partial charge in [-0.25, -0.2) is 4.79 Å². The van der Waals surface area contributed by atoms with Gasteiger partial charge >= 0.3 is 5.97 Å². The van der Waals surface area contributed by atoms with Gasteiger partial charge in [-0.05, 0) is 56.6 Å². The van der Waals surface area contributed by atoms with Crippen LogP contribution in [0.2, 0.25) is 0 Å². The van der Waals surface area contributed by atoms with Crippen molar-refractivity contribution in [1.29, 1.82) is 0 Å². The third-order valence-electron chi connectivity index (χ3n) is 7.64. The van der Waals surface area contributed by atoms with Crippen molar-refractivity contribution in [1.82, 2.24) is 5.32 Å². The van der Waals surface area contributed by atoms with Crippen LogP contribution in [0.25, 0.3) is 0 Å². The molecular weight excluding hydrogens is 454 g/mol. The van der Waals surface area contributed by atoms with E-state index in [9.17, 15) is 9.59 Å². The van der Waals surface area contributed by atoms with Crippen LogP contribution in [0.5, 0.6) is 11.5 Å². The molecule has 0 unspecified atom stereocenters. The van der Waals surface area contributed by atoms with E-state index in [4.69, 9.17) is 14.2 Å². The quantitative estimate of drug-likeness (QED) is 0.539. The van der Waals surface area contributed by atoms with E-state index in [-0.39, 0.29) is 23.8 Å². The Kier molecular flexibility index (Phi) is 6.86. The Morgan fingerprint density at radius 1 is 0.944 bits per heavy atom. The standard InChI is InChI=1S/C30H33NO5/c1-18-26(30(33)36-21-12-7-8-13-21)27(22-14-9-15-25(34-2)29(22)35-3)28-23(31-18)16-20(17-24(28)32)19-10-5-4-6-11-19/h4-6,9-11,14-15,20-21,27,31H,7-8,12-13,16-17H2,1-3H3/t20-,27-/m0/s1. The number of carbonyl (C=O) groups excluding carboxylic acids is 2. The fourth-order valence-corrected chi connectivity index (χ4v) is 5.94. The number of methoxy groups -OCH3 is 2. The molecule has 0 spiro atoms. The number of Topliss-reactive ketones (excluding diaryl/α,β-unsaturated/α-hetero) is 1. The minimum absolute atomic E-state index is 0.0335. The molecule has 6 heteroatoms. The second kappa shape index (κ2) is 10.2. The fraction of sp³-hybridized carbons (Fsp3) is 0.400. The van der Waals surface area contributed by atoms with Gasteiger partial charge in [-0.2, -0.15) is 0 Å². The molecule has 5 rings (SSSR count). The minimum Gasteiger partial charge on any atom is -0.493 e. The maximum absolute atomic E-state index is 13.8. The Morgan fingerprint density at radius 2 is 1.69 bits per heavy atom. The molecule has 2 aromatic rings. The van der Waals surface area contributed by atoms with E-state index in [2.05, 4.69) is 17.4 Å². The molecule has 36 heavy (non-hydrogen) atoms. The first kappa shape index (κ1) is 24.2. The summed E-state index contributed by atoms with van der Waals surface area (Å²) in [6.07, 6.45) is 4.89. The monoisotopic (exact) mass is 487 g/mol. The summed E-state index contributed by atoms with van der Waals surface area (Å²) < 4.78 is 17.3. The van der Waals surface area contributed by atoms with Crippen LogP contribution in [0.15, 0.2) is 71.1 Å². The molecule has 1 N–H and O–H groups in total. The summed E-state index contributed by atoms with van der Waals surface area (Å²) in [6, 6.07) is 15.7. The Morgan fingerprint density at radius 3 is 2.39 bits per heavy atom. The molecule has 1 aliphatic heterocycles. The maximum Gasteiger partial charge on any atom is 0.337 e. The molecule has 0 aromatic heterocycles. The highest BCUT2D eigenvalue weighted by molar-refractivity contribution is 6.04. The van der Waals surface area contributed by atoms with Crippen LogP contribution >= 0.6 is 0 Å². The summed E-state index contributed by atoms with van der Waals surface area (Å²) in [7, 11) is 3.17. The number of hydrogen-bond donors (Lipinski definition) is 1. The van der Waals surface area contributed by atoms with Crippen LogP contribution in [0.1, 0.15) is 68.4 Å². The molecule has 2 aliphatic carbocycles. The molecule has 6 nitrogen and oxygen atoms in total. The van der Waals surface area contributed by atoms with Crippen molar-refractivity contribution in [2.75, 3.05) is 14.2 Å². The molecule has 188 valence electrons. The first-order valence-electron chi connectivity index (χ1n) is 12.7. The zero-order valence-electron chi connectivity index (χ0n) is 21.1. The van der Waals surface area contributed by atoms with E-state index >= 15 is 0 Å². The molecule has 1 saturated carbocycles. The third-order valence-corrected chi connectivity index (χ3v) is 7.64. The molecular formula is C30H33NO5. The SMILES string of the molecule is COc1cccc([C@H]2C(C(=O)OC3CCCC3)=C(C)NC3=C2C(=O)C[C@@H](c2ccccc2)C3)c1OC. The van der Waals surface area contributed by atoms with E-state index < -0.39 is 5.92 Å². The number of nitrogens with one attached hydrogen (secondary N) is 1. The van der Waals surface area contributed by atoms with Gasteiger partial charge in [0.25, 0.3) is 0 Å². The zero-order valence-corrected chi connectivity index (χ0v) is 21.1. The van der Waals surface area contributed by atoms with Crippen LogP contribution in [0, 0.1) is 0 Å². The van der Waals surface area contributed by atoms with Crippen LogP contribution in [-0.4, -0.2) is 32.1 Å². The molecule has 2 aromatic carbocycles. The van der Waals surface area contributed by atoms with Crippen molar-refractivity contribution in [3.05, 3.63) is 82.2 Å². The smallest absolute Gasteiger partial charge is 0.337 e. The normalized spacial score (nSPS) is 22.2. The average Bonchev–Trinajstić information content (AvgIpc) is 3.40. The number of ketones is 1. The number of esters is 1. The number of carbonyl (C=O) groups is 2. The van der Waals surface area contributed by atoms with Gasteiger partial charge in [0.1, 0.15) is 6.10 Å². The third kappa shape index (κ3) is 4.41. The first-order valence-corrected chi connectivity index (χ1v) is 12.7. The lowest BCUT2D eigenvalue weighted by Gasteiger charge is -2.37. The summed E-state index contributed by atoms with van der Waals surface area (Å²) in [4.78, 5) is 27.5. The highest BCUT2D eigenvalue weighted by Crippen LogP contribution is 2.49. The van der Waals surface area contributed by atoms with E-state index in [0.29, 0.717) is 41.2 Å². The summed E-state index contributed by atoms with van der Waals surface area (Å²) in [6.45, 7) is 1.89. The number of benzene rings is 2. The van der Waals surface area contributed by atoms with E-state index in [1.54, 1.807) is 14.2 Å². The highest BCUT2D eigenvalue weighted by Gasteiger charge is 2.43. The molecule has 0 bridgehead atoms. The van der Waals surface area contributed by atoms with Gasteiger partial charge in [-0.1, -0.05) is 42.5 Å². The average molecular weight is 488 g/mol. The zero-order chi connectivity index (χ0) is 25.2. The lowest BCUT2D eigenvalue weighted by Crippen LogP contribution is -2.36. The number of para-hydroxylation sites is 1. The van der Waals surface area contributed by atoms with Gasteiger partial charge < -0.3 is 19.5 Å². The van der Waals surface area contributed by atoms with Gasteiger partial charge in [0.05, 0.1) is 25.7 Å². The van der Waals surface area contributed by atoms with Gasteiger partial charge in [0.15, 0.2) is 17.3 Å². The Bertz CT molecular complexity index is 1220. The Balaban J connectivity index is 1.61. The number of ether oxygens (including phenoxy) is 3. The summed E-state index contributed by atoms with van der Waals surface area (Å²) >= 11 is 0. The predicted molar refractivity (Wildman–Crippen MR) is 137 cm³/mol. The first-order chi connectivity index (χ1) is 17.5. The van der Waals surface area contributed by atoms with Crippen LogP contribution < -0.4 is 14.8 Å². The lowest BCUT2D eigenvalue weighted by atomic mass is 9.71. The van der Waals surface area contributed by atoms with Gasteiger partial charge in [-0.15, -0.1) is 0 Å². The van der Waals surface area contributed by atoms with Crippen molar-refractivity contribution in [2.24, 2.45) is 0 Å². The van der Waals surface area contributed by atoms with Crippen LogP contribution in [0.4, 0.5) is 0 Å². The minimum atomic E-state index is -0.593. The van der Waals surface area contributed by atoms with Crippen LogP contribution in [0.3, 0.4) is 0 Å². The van der Waals surface area contributed by atoms with Crippen molar-refractivity contribution in [2.45, 2.75) is 63.4 Å².